The van der Waals surface area contributed by atoms with Gasteiger partial charge in [-0.1, -0.05) is 56.9 Å². The van der Waals surface area contributed by atoms with Gasteiger partial charge in [-0.2, -0.15) is 0 Å². The number of cyclic esters (lactones) is 1. The smallest absolute Gasteiger partial charge is 0.313 e. The molecule has 1 saturated heterocycles. The maximum atomic E-state index is 12.4. The predicted octanol–water partition coefficient (Wildman–Crippen LogP) is 4.44. The van der Waals surface area contributed by atoms with Gasteiger partial charge in [0.1, 0.15) is 0 Å². The first-order valence-corrected chi connectivity index (χ1v) is 10.3. The van der Waals surface area contributed by atoms with E-state index in [9.17, 15) is 9.59 Å². The first-order chi connectivity index (χ1) is 13.0. The number of allylic oxidation sites excluding steroid dienone is 1. The van der Waals surface area contributed by atoms with Crippen LogP contribution in [0.25, 0.3) is 0 Å². The summed E-state index contributed by atoms with van der Waals surface area (Å²) in [6.07, 6.45) is 8.18. The highest BCUT2D eigenvalue weighted by Gasteiger charge is 2.55. The number of esters is 1. The quantitative estimate of drug-likeness (QED) is 0.398. The van der Waals surface area contributed by atoms with Crippen molar-refractivity contribution >= 4 is 11.9 Å². The Morgan fingerprint density at radius 3 is 2.70 bits per heavy atom. The molecule has 27 heavy (non-hydrogen) atoms. The predicted molar refractivity (Wildman–Crippen MR) is 106 cm³/mol. The maximum Gasteiger partial charge on any atom is 0.313 e. The molecule has 1 unspecified atom stereocenters. The zero-order valence-corrected chi connectivity index (χ0v) is 16.4. The summed E-state index contributed by atoms with van der Waals surface area (Å²) in [5.74, 6) is 0.131. The van der Waals surface area contributed by atoms with Crippen LogP contribution in [0.5, 0.6) is 0 Å². The van der Waals surface area contributed by atoms with Gasteiger partial charge in [0, 0.05) is 18.0 Å². The minimum Gasteiger partial charge on any atom is -0.465 e. The molecule has 1 N–H and O–H groups in total. The van der Waals surface area contributed by atoms with Gasteiger partial charge < -0.3 is 10.1 Å². The zero-order valence-electron chi connectivity index (χ0n) is 16.4. The lowest BCUT2D eigenvalue weighted by molar-refractivity contribution is -0.146. The van der Waals surface area contributed by atoms with E-state index in [1.165, 1.54) is 19.3 Å². The van der Waals surface area contributed by atoms with E-state index in [0.29, 0.717) is 18.6 Å². The fraction of sp³-hybridized carbons (Fsp3) is 0.565. The van der Waals surface area contributed by atoms with Gasteiger partial charge in [0.05, 0.1) is 12.0 Å². The second-order valence-electron chi connectivity index (χ2n) is 8.13. The summed E-state index contributed by atoms with van der Waals surface area (Å²) in [5, 5.41) is 2.99. The molecule has 4 nitrogen and oxygen atoms in total. The number of carbonyl (C=O) groups is 2. The van der Waals surface area contributed by atoms with Gasteiger partial charge in [-0.3, -0.25) is 9.59 Å². The Bertz CT molecular complexity index is 694. The summed E-state index contributed by atoms with van der Waals surface area (Å²) < 4.78 is 5.34. The van der Waals surface area contributed by atoms with Crippen molar-refractivity contribution < 1.29 is 14.3 Å². The second kappa shape index (κ2) is 8.73. The summed E-state index contributed by atoms with van der Waals surface area (Å²) in [6, 6.07) is 7.65. The van der Waals surface area contributed by atoms with E-state index in [0.717, 1.165) is 43.4 Å². The number of unbranched alkanes of at least 4 members (excludes halogenated alkanes) is 4. The highest BCUT2D eigenvalue weighted by Crippen LogP contribution is 2.52. The summed E-state index contributed by atoms with van der Waals surface area (Å²) in [5.41, 5.74) is 2.45. The number of hydrogen-bond donors (Lipinski definition) is 1. The normalized spacial score (nSPS) is 24.0. The average Bonchev–Trinajstić information content (AvgIpc) is 3.13. The van der Waals surface area contributed by atoms with Crippen molar-refractivity contribution in [2.24, 2.45) is 11.3 Å². The zero-order chi connectivity index (χ0) is 19.3. The number of carbonyl (C=O) groups excluding carboxylic acids is 2. The van der Waals surface area contributed by atoms with Crippen molar-refractivity contribution in [3.05, 3.63) is 47.5 Å². The van der Waals surface area contributed by atoms with Gasteiger partial charge in [0.2, 0.25) is 0 Å². The van der Waals surface area contributed by atoms with E-state index in [2.05, 4.69) is 18.8 Å². The number of benzene rings is 1. The number of fused-ring (bicyclic) bond motifs is 1. The number of rotatable bonds is 9. The largest absolute Gasteiger partial charge is 0.465 e. The molecule has 2 fully saturated rings. The number of amides is 1. The van der Waals surface area contributed by atoms with E-state index >= 15 is 0 Å². The van der Waals surface area contributed by atoms with E-state index in [1.54, 1.807) is 0 Å². The van der Waals surface area contributed by atoms with Gasteiger partial charge in [0.25, 0.3) is 5.91 Å². The number of ether oxygens (including phenoxy) is 1. The minimum absolute atomic E-state index is 0.0254. The Morgan fingerprint density at radius 1 is 1.22 bits per heavy atom. The SMILES string of the molecule is C=C1CC2COC(=O)[C@]2(Cc2ccc(C(=O)NCCCCCCC)cc2)C1. The molecule has 1 aliphatic heterocycles. The summed E-state index contributed by atoms with van der Waals surface area (Å²) in [6.45, 7) is 7.52. The van der Waals surface area contributed by atoms with Gasteiger partial charge in [0.15, 0.2) is 0 Å². The van der Waals surface area contributed by atoms with E-state index in [1.807, 2.05) is 24.3 Å². The van der Waals surface area contributed by atoms with Crippen LogP contribution < -0.4 is 5.32 Å². The van der Waals surface area contributed by atoms with Crippen LogP contribution in [0.2, 0.25) is 0 Å². The Balaban J connectivity index is 1.54. The van der Waals surface area contributed by atoms with Crippen LogP contribution in [0.4, 0.5) is 0 Å². The topological polar surface area (TPSA) is 55.4 Å². The molecule has 1 aliphatic carbocycles. The lowest BCUT2D eigenvalue weighted by atomic mass is 9.75. The van der Waals surface area contributed by atoms with Crippen molar-refractivity contribution in [1.82, 2.24) is 5.32 Å². The molecule has 1 aromatic carbocycles. The minimum atomic E-state index is -0.445. The number of hydrogen-bond acceptors (Lipinski definition) is 3. The fourth-order valence-corrected chi connectivity index (χ4v) is 4.43. The molecule has 1 aromatic rings. The molecule has 2 aliphatic rings. The molecule has 1 saturated carbocycles. The highest BCUT2D eigenvalue weighted by atomic mass is 16.5. The molecule has 1 amide bonds. The molecular formula is C23H31NO3. The summed E-state index contributed by atoms with van der Waals surface area (Å²) in [7, 11) is 0. The van der Waals surface area contributed by atoms with E-state index < -0.39 is 5.41 Å². The van der Waals surface area contributed by atoms with Crippen LogP contribution in [0.1, 0.15) is 67.8 Å². The fourth-order valence-electron chi connectivity index (χ4n) is 4.43. The summed E-state index contributed by atoms with van der Waals surface area (Å²) >= 11 is 0. The first-order valence-electron chi connectivity index (χ1n) is 10.3. The van der Waals surface area contributed by atoms with Crippen molar-refractivity contribution in [3.8, 4) is 0 Å². The Kier molecular flexibility index (Phi) is 6.35. The summed E-state index contributed by atoms with van der Waals surface area (Å²) in [4.78, 5) is 24.7. The third kappa shape index (κ3) is 4.42. The van der Waals surface area contributed by atoms with Crippen LogP contribution in [0.3, 0.4) is 0 Å². The molecule has 1 heterocycles. The average molecular weight is 370 g/mol. The molecule has 2 atom stereocenters. The van der Waals surface area contributed by atoms with Gasteiger partial charge >= 0.3 is 5.97 Å². The van der Waals surface area contributed by atoms with Gasteiger partial charge in [-0.05, 0) is 43.4 Å². The molecular weight excluding hydrogens is 338 g/mol. The van der Waals surface area contributed by atoms with Crippen LogP contribution in [-0.2, 0) is 16.0 Å². The van der Waals surface area contributed by atoms with Crippen LogP contribution in [0.15, 0.2) is 36.4 Å². The standard InChI is InChI=1S/C23H31NO3/c1-3-4-5-6-7-12-24-21(25)19-10-8-18(9-11-19)15-23-14-17(2)13-20(23)16-27-22(23)26/h8-11,20H,2-7,12-16H2,1H3,(H,24,25)/t20?,23-/m0/s1. The van der Waals surface area contributed by atoms with Crippen molar-refractivity contribution in [2.75, 3.05) is 13.2 Å². The van der Waals surface area contributed by atoms with Crippen molar-refractivity contribution in [3.63, 3.8) is 0 Å². The monoisotopic (exact) mass is 369 g/mol. The van der Waals surface area contributed by atoms with E-state index in [-0.39, 0.29) is 17.8 Å². The maximum absolute atomic E-state index is 12.4. The molecule has 0 aromatic heterocycles. The third-order valence-corrected chi connectivity index (χ3v) is 6.01. The van der Waals surface area contributed by atoms with Crippen LogP contribution >= 0.6 is 0 Å². The Morgan fingerprint density at radius 2 is 1.96 bits per heavy atom. The van der Waals surface area contributed by atoms with Crippen molar-refractivity contribution in [1.29, 1.82) is 0 Å². The third-order valence-electron chi connectivity index (χ3n) is 6.01. The Labute approximate surface area is 162 Å². The highest BCUT2D eigenvalue weighted by molar-refractivity contribution is 5.94. The molecule has 4 heteroatoms. The molecule has 0 bridgehead atoms. The number of nitrogens with one attached hydrogen (secondary N) is 1. The Hall–Kier alpha value is -2.10. The van der Waals surface area contributed by atoms with Gasteiger partial charge in [-0.25, -0.2) is 0 Å². The second-order valence-corrected chi connectivity index (χ2v) is 8.13. The van der Waals surface area contributed by atoms with Crippen molar-refractivity contribution in [2.45, 2.75) is 58.3 Å². The molecule has 0 spiro atoms. The van der Waals surface area contributed by atoms with Crippen LogP contribution in [0, 0.1) is 11.3 Å². The van der Waals surface area contributed by atoms with Gasteiger partial charge in [-0.15, -0.1) is 0 Å². The molecule has 3 rings (SSSR count). The lowest BCUT2D eigenvalue weighted by Crippen LogP contribution is -2.31. The lowest BCUT2D eigenvalue weighted by Gasteiger charge is -2.24. The first kappa shape index (κ1) is 19.7. The van der Waals surface area contributed by atoms with E-state index in [4.69, 9.17) is 4.74 Å². The molecule has 0 radical (unpaired) electrons. The van der Waals surface area contributed by atoms with Crippen LogP contribution in [-0.4, -0.2) is 25.0 Å². The molecule has 146 valence electrons.